The number of carbonyl (C=O) groups is 2. The smallest absolute Gasteiger partial charge is 0.341 e. The molecular weight excluding hydrogens is 286 g/mol. The fourth-order valence-corrected chi connectivity index (χ4v) is 2.66. The highest BCUT2D eigenvalue weighted by Gasteiger charge is 2.31. The van der Waals surface area contributed by atoms with Crippen LogP contribution in [0.2, 0.25) is 0 Å². The second-order valence-corrected chi connectivity index (χ2v) is 5.10. The minimum Gasteiger partial charge on any atom is -0.482 e. The van der Waals surface area contributed by atoms with Crippen molar-refractivity contribution in [1.29, 1.82) is 0 Å². The molecule has 1 aliphatic heterocycles. The quantitative estimate of drug-likeness (QED) is 0.889. The van der Waals surface area contributed by atoms with Crippen LogP contribution in [-0.2, 0) is 16.6 Å². The van der Waals surface area contributed by atoms with Crippen LogP contribution in [0.1, 0.15) is 23.5 Å². The Bertz CT molecular complexity index is 738. The zero-order valence-electron chi connectivity index (χ0n) is 11.9. The molecule has 0 aliphatic carbocycles. The summed E-state index contributed by atoms with van der Waals surface area (Å²) in [5, 5.41) is 15.8. The molecule has 0 radical (unpaired) electrons. The number of fused-ring (bicyclic) bond motifs is 1. The Labute approximate surface area is 126 Å². The van der Waals surface area contributed by atoms with Gasteiger partial charge in [-0.1, -0.05) is 18.2 Å². The first-order chi connectivity index (χ1) is 10.6. The van der Waals surface area contributed by atoms with Gasteiger partial charge in [0.1, 0.15) is 11.6 Å². The number of amides is 1. The van der Waals surface area contributed by atoms with E-state index in [1.807, 2.05) is 12.1 Å². The van der Waals surface area contributed by atoms with Crippen LogP contribution in [0.4, 0.5) is 5.82 Å². The minimum atomic E-state index is -1.04. The molecule has 2 aromatic rings. The highest BCUT2D eigenvalue weighted by molar-refractivity contribution is 5.94. The number of para-hydroxylation sites is 1. The number of carboxylic acid groups (broad SMARTS) is 1. The molecule has 2 N–H and O–H groups in total. The van der Waals surface area contributed by atoms with E-state index in [0.29, 0.717) is 11.6 Å². The van der Waals surface area contributed by atoms with Gasteiger partial charge in [0.15, 0.2) is 6.61 Å². The van der Waals surface area contributed by atoms with Gasteiger partial charge in [-0.25, -0.2) is 4.79 Å². The summed E-state index contributed by atoms with van der Waals surface area (Å²) in [6.45, 7) is -0.421. The number of nitrogens with zero attached hydrogens (tertiary/aromatic N) is 2. The molecule has 1 aromatic carbocycles. The average Bonchev–Trinajstić information content (AvgIpc) is 2.86. The summed E-state index contributed by atoms with van der Waals surface area (Å²) in [5.41, 5.74) is 1.68. The largest absolute Gasteiger partial charge is 0.482 e. The third-order valence-corrected chi connectivity index (χ3v) is 3.64. The van der Waals surface area contributed by atoms with Crippen LogP contribution in [0.3, 0.4) is 0 Å². The van der Waals surface area contributed by atoms with Crippen LogP contribution in [0.15, 0.2) is 30.5 Å². The summed E-state index contributed by atoms with van der Waals surface area (Å²) in [5.74, 6) is -0.219. The maximum Gasteiger partial charge on any atom is 0.341 e. The van der Waals surface area contributed by atoms with Crippen LogP contribution in [0, 0.1) is 0 Å². The van der Waals surface area contributed by atoms with Crippen LogP contribution in [0.5, 0.6) is 5.75 Å². The molecule has 0 saturated carbocycles. The lowest BCUT2D eigenvalue weighted by molar-refractivity contribution is -0.139. The van der Waals surface area contributed by atoms with Crippen molar-refractivity contribution in [3.8, 4) is 5.75 Å². The summed E-state index contributed by atoms with van der Waals surface area (Å²) in [7, 11) is 1.76. The molecule has 0 bridgehead atoms. The van der Waals surface area contributed by atoms with Crippen molar-refractivity contribution >= 4 is 17.7 Å². The van der Waals surface area contributed by atoms with Crippen molar-refractivity contribution in [2.24, 2.45) is 7.05 Å². The van der Waals surface area contributed by atoms with Gasteiger partial charge >= 0.3 is 5.97 Å². The first kappa shape index (κ1) is 14.1. The van der Waals surface area contributed by atoms with E-state index in [9.17, 15) is 9.59 Å². The maximum absolute atomic E-state index is 11.9. The Morgan fingerprint density at radius 1 is 1.45 bits per heavy atom. The molecule has 22 heavy (non-hydrogen) atoms. The van der Waals surface area contributed by atoms with E-state index in [-0.39, 0.29) is 18.2 Å². The molecule has 1 aliphatic rings. The molecule has 0 fully saturated rings. The van der Waals surface area contributed by atoms with Crippen molar-refractivity contribution < 1.29 is 19.4 Å². The monoisotopic (exact) mass is 301 g/mol. The number of nitrogens with one attached hydrogen (secondary N) is 1. The zero-order chi connectivity index (χ0) is 15.7. The van der Waals surface area contributed by atoms with Crippen LogP contribution in [-0.4, -0.2) is 33.4 Å². The van der Waals surface area contributed by atoms with E-state index in [4.69, 9.17) is 9.84 Å². The molecule has 7 nitrogen and oxygen atoms in total. The molecule has 0 unspecified atom stereocenters. The molecular formula is C15H15N3O4. The van der Waals surface area contributed by atoms with Crippen molar-refractivity contribution in [1.82, 2.24) is 9.78 Å². The lowest BCUT2D eigenvalue weighted by Crippen LogP contribution is -2.24. The Balaban J connectivity index is 2.01. The van der Waals surface area contributed by atoms with Gasteiger partial charge in [0.2, 0.25) is 5.91 Å². The molecule has 1 amide bonds. The molecule has 3 rings (SSSR count). The number of aromatic nitrogens is 2. The highest BCUT2D eigenvalue weighted by atomic mass is 16.5. The number of aryl methyl sites for hydroxylation is 1. The van der Waals surface area contributed by atoms with E-state index in [0.717, 1.165) is 11.1 Å². The third-order valence-electron chi connectivity index (χ3n) is 3.64. The first-order valence-electron chi connectivity index (χ1n) is 6.81. The van der Waals surface area contributed by atoms with Gasteiger partial charge in [-0.15, -0.1) is 0 Å². The van der Waals surface area contributed by atoms with Crippen LogP contribution < -0.4 is 10.1 Å². The fraction of sp³-hybridized carbons (Fsp3) is 0.267. The van der Waals surface area contributed by atoms with Gasteiger partial charge in [0.25, 0.3) is 0 Å². The Morgan fingerprint density at radius 3 is 3.00 bits per heavy atom. The summed E-state index contributed by atoms with van der Waals surface area (Å²) in [6.07, 6.45) is 1.99. The van der Waals surface area contributed by atoms with Crippen LogP contribution in [0.25, 0.3) is 0 Å². The van der Waals surface area contributed by atoms with Gasteiger partial charge in [-0.3, -0.25) is 9.48 Å². The van der Waals surface area contributed by atoms with E-state index in [2.05, 4.69) is 10.4 Å². The van der Waals surface area contributed by atoms with E-state index in [1.165, 1.54) is 0 Å². The van der Waals surface area contributed by atoms with Crippen molar-refractivity contribution in [2.45, 2.75) is 12.3 Å². The lowest BCUT2D eigenvalue weighted by atomic mass is 9.87. The van der Waals surface area contributed by atoms with Crippen LogP contribution >= 0.6 is 0 Å². The van der Waals surface area contributed by atoms with Crippen molar-refractivity contribution in [3.05, 3.63) is 41.6 Å². The topological polar surface area (TPSA) is 93.5 Å². The number of ether oxygens (including phenoxy) is 1. The first-order valence-corrected chi connectivity index (χ1v) is 6.81. The van der Waals surface area contributed by atoms with Gasteiger partial charge in [-0.2, -0.15) is 5.10 Å². The number of benzene rings is 1. The highest BCUT2D eigenvalue weighted by Crippen LogP contribution is 2.40. The Kier molecular flexibility index (Phi) is 3.54. The molecule has 0 saturated heterocycles. The molecule has 0 spiro atoms. The van der Waals surface area contributed by atoms with Crippen molar-refractivity contribution in [3.63, 3.8) is 0 Å². The standard InChI is InChI=1S/C15H15N3O4/c1-18-15-11(7-16-18)10(6-13(19)17-15)9-4-2-3-5-12(9)22-8-14(20)21/h2-5,7,10H,6,8H2,1H3,(H,17,19)(H,20,21)/t10-/m0/s1. The van der Waals surface area contributed by atoms with Gasteiger partial charge < -0.3 is 15.2 Å². The minimum absolute atomic E-state index is 0.103. The van der Waals surface area contributed by atoms with E-state index in [1.54, 1.807) is 30.1 Å². The lowest BCUT2D eigenvalue weighted by Gasteiger charge is -2.24. The summed E-state index contributed by atoms with van der Waals surface area (Å²) in [4.78, 5) is 22.7. The second kappa shape index (κ2) is 5.51. The normalized spacial score (nSPS) is 16.8. The zero-order valence-corrected chi connectivity index (χ0v) is 11.9. The molecule has 114 valence electrons. The maximum atomic E-state index is 11.9. The number of carbonyl (C=O) groups excluding carboxylic acids is 1. The molecule has 2 heterocycles. The van der Waals surface area contributed by atoms with Gasteiger partial charge in [0, 0.05) is 30.5 Å². The number of aliphatic carboxylic acids is 1. The average molecular weight is 301 g/mol. The number of carboxylic acids is 1. The number of hydrogen-bond acceptors (Lipinski definition) is 4. The third kappa shape index (κ3) is 2.52. The Hall–Kier alpha value is -2.83. The summed E-state index contributed by atoms with van der Waals surface area (Å²) in [6, 6.07) is 7.16. The van der Waals surface area contributed by atoms with E-state index >= 15 is 0 Å². The number of hydrogen-bond donors (Lipinski definition) is 2. The van der Waals surface area contributed by atoms with Crippen molar-refractivity contribution in [2.75, 3.05) is 11.9 Å². The molecule has 1 aromatic heterocycles. The Morgan fingerprint density at radius 2 is 2.23 bits per heavy atom. The summed E-state index contributed by atoms with van der Waals surface area (Å²) < 4.78 is 6.96. The molecule has 1 atom stereocenters. The SMILES string of the molecule is Cn1ncc2c1NC(=O)C[C@H]2c1ccccc1OCC(=O)O. The van der Waals surface area contributed by atoms with E-state index < -0.39 is 12.6 Å². The summed E-state index contributed by atoms with van der Waals surface area (Å²) >= 11 is 0. The van der Waals surface area contributed by atoms with Gasteiger partial charge in [-0.05, 0) is 6.07 Å². The second-order valence-electron chi connectivity index (χ2n) is 5.10. The fourth-order valence-electron chi connectivity index (χ4n) is 2.66. The number of anilines is 1. The predicted molar refractivity (Wildman–Crippen MR) is 77.9 cm³/mol. The van der Waals surface area contributed by atoms with Gasteiger partial charge in [0.05, 0.1) is 6.20 Å². The number of rotatable bonds is 4. The predicted octanol–water partition coefficient (Wildman–Crippen LogP) is 1.36. The molecule has 7 heteroatoms.